The van der Waals surface area contributed by atoms with Crippen molar-refractivity contribution in [3.63, 3.8) is 0 Å². The van der Waals surface area contributed by atoms with Crippen molar-refractivity contribution in [1.82, 2.24) is 20.2 Å². The van der Waals surface area contributed by atoms with Gasteiger partial charge in [-0.15, -0.1) is 5.10 Å². The maximum atomic E-state index is 5.77. The van der Waals surface area contributed by atoms with Crippen LogP contribution in [-0.4, -0.2) is 20.2 Å². The Kier molecular flexibility index (Phi) is 2.72. The van der Waals surface area contributed by atoms with Gasteiger partial charge in [-0.1, -0.05) is 18.2 Å². The minimum Gasteiger partial charge on any atom is -0.399 e. The van der Waals surface area contributed by atoms with Crippen LogP contribution in [0.15, 0.2) is 48.5 Å². The highest BCUT2D eigenvalue weighted by molar-refractivity contribution is 5.65. The van der Waals surface area contributed by atoms with Crippen LogP contribution in [0.1, 0.15) is 5.56 Å². The van der Waals surface area contributed by atoms with Gasteiger partial charge in [-0.2, -0.15) is 4.68 Å². The lowest BCUT2D eigenvalue weighted by Gasteiger charge is -2.07. The van der Waals surface area contributed by atoms with Gasteiger partial charge in [-0.3, -0.25) is 0 Å². The summed E-state index contributed by atoms with van der Waals surface area (Å²) in [6, 6.07) is 15.5. The summed E-state index contributed by atoms with van der Waals surface area (Å²) in [4.78, 5) is 0. The van der Waals surface area contributed by atoms with Crippen LogP contribution in [0.3, 0.4) is 0 Å². The molecule has 0 aliphatic rings. The molecule has 0 saturated heterocycles. The van der Waals surface area contributed by atoms with Gasteiger partial charge in [0.1, 0.15) is 0 Å². The molecule has 0 spiro atoms. The van der Waals surface area contributed by atoms with Crippen molar-refractivity contribution in [1.29, 1.82) is 0 Å². The predicted octanol–water partition coefficient (Wildman–Crippen LogP) is 2.22. The minimum absolute atomic E-state index is 0.712. The number of nitrogen functional groups attached to an aromatic ring is 1. The number of hydrogen-bond acceptors (Lipinski definition) is 4. The second kappa shape index (κ2) is 4.53. The predicted molar refractivity (Wildman–Crippen MR) is 73.7 cm³/mol. The number of tetrazole rings is 1. The topological polar surface area (TPSA) is 69.6 Å². The molecule has 0 fully saturated rings. The summed E-state index contributed by atoms with van der Waals surface area (Å²) in [5, 5.41) is 11.9. The van der Waals surface area contributed by atoms with Crippen molar-refractivity contribution in [3.8, 4) is 17.1 Å². The average molecular weight is 251 g/mol. The maximum Gasteiger partial charge on any atom is 0.187 e. The molecule has 0 unspecified atom stereocenters. The SMILES string of the molecule is Cc1cc(N)ccc1-c1nnnn1-c1ccccc1. The Labute approximate surface area is 110 Å². The number of aromatic nitrogens is 4. The lowest BCUT2D eigenvalue weighted by molar-refractivity contribution is 0.791. The Bertz CT molecular complexity index is 703. The second-order valence-electron chi connectivity index (χ2n) is 4.32. The number of anilines is 1. The molecule has 0 bridgehead atoms. The molecule has 0 amide bonds. The quantitative estimate of drug-likeness (QED) is 0.709. The van der Waals surface area contributed by atoms with E-state index in [1.54, 1.807) is 4.68 Å². The molecular weight excluding hydrogens is 238 g/mol. The van der Waals surface area contributed by atoms with Gasteiger partial charge >= 0.3 is 0 Å². The van der Waals surface area contributed by atoms with E-state index in [4.69, 9.17) is 5.73 Å². The van der Waals surface area contributed by atoms with Crippen LogP contribution in [0.5, 0.6) is 0 Å². The van der Waals surface area contributed by atoms with Gasteiger partial charge in [0.25, 0.3) is 0 Å². The summed E-state index contributed by atoms with van der Waals surface area (Å²) in [7, 11) is 0. The number of nitrogens with zero attached hydrogens (tertiary/aromatic N) is 4. The van der Waals surface area contributed by atoms with Crippen molar-refractivity contribution in [3.05, 3.63) is 54.1 Å². The minimum atomic E-state index is 0.712. The first-order valence-electron chi connectivity index (χ1n) is 5.96. The molecule has 5 nitrogen and oxygen atoms in total. The van der Waals surface area contributed by atoms with Crippen molar-refractivity contribution < 1.29 is 0 Å². The molecule has 1 heterocycles. The van der Waals surface area contributed by atoms with Gasteiger partial charge in [0.2, 0.25) is 0 Å². The van der Waals surface area contributed by atoms with Crippen molar-refractivity contribution >= 4 is 5.69 Å². The first-order valence-corrected chi connectivity index (χ1v) is 5.96. The number of hydrogen-bond donors (Lipinski definition) is 1. The summed E-state index contributed by atoms with van der Waals surface area (Å²) >= 11 is 0. The Morgan fingerprint density at radius 3 is 2.58 bits per heavy atom. The monoisotopic (exact) mass is 251 g/mol. The summed E-state index contributed by atoms with van der Waals surface area (Å²) in [6.45, 7) is 2.00. The van der Waals surface area contributed by atoms with Crippen LogP contribution in [0.2, 0.25) is 0 Å². The highest BCUT2D eigenvalue weighted by Gasteiger charge is 2.12. The molecule has 0 radical (unpaired) electrons. The van der Waals surface area contributed by atoms with E-state index < -0.39 is 0 Å². The van der Waals surface area contributed by atoms with Crippen molar-refractivity contribution in [2.45, 2.75) is 6.92 Å². The van der Waals surface area contributed by atoms with E-state index in [0.29, 0.717) is 5.82 Å². The van der Waals surface area contributed by atoms with Crippen molar-refractivity contribution in [2.24, 2.45) is 0 Å². The third-order valence-corrected chi connectivity index (χ3v) is 2.96. The lowest BCUT2D eigenvalue weighted by atomic mass is 10.1. The number of nitrogens with two attached hydrogens (primary N) is 1. The molecule has 1 aromatic heterocycles. The number of rotatable bonds is 2. The van der Waals surface area contributed by atoms with E-state index in [-0.39, 0.29) is 0 Å². The molecule has 0 saturated carbocycles. The van der Waals surface area contributed by atoms with Crippen LogP contribution in [0.4, 0.5) is 5.69 Å². The van der Waals surface area contributed by atoms with E-state index in [9.17, 15) is 0 Å². The van der Waals surface area contributed by atoms with E-state index in [0.717, 1.165) is 22.5 Å². The van der Waals surface area contributed by atoms with E-state index >= 15 is 0 Å². The van der Waals surface area contributed by atoms with Gasteiger partial charge in [0, 0.05) is 11.3 Å². The highest BCUT2D eigenvalue weighted by atomic mass is 15.5. The molecule has 0 atom stereocenters. The van der Waals surface area contributed by atoms with Crippen molar-refractivity contribution in [2.75, 3.05) is 5.73 Å². The summed E-state index contributed by atoms with van der Waals surface area (Å²) in [6.07, 6.45) is 0. The van der Waals surface area contributed by atoms with Gasteiger partial charge in [-0.25, -0.2) is 0 Å². The second-order valence-corrected chi connectivity index (χ2v) is 4.32. The fourth-order valence-electron chi connectivity index (χ4n) is 2.04. The smallest absolute Gasteiger partial charge is 0.187 e. The molecule has 0 aliphatic heterocycles. The van der Waals surface area contributed by atoms with Crippen LogP contribution in [0, 0.1) is 6.92 Å². The molecule has 19 heavy (non-hydrogen) atoms. The first kappa shape index (κ1) is 11.4. The number of aryl methyl sites for hydroxylation is 1. The fourth-order valence-corrected chi connectivity index (χ4v) is 2.04. The standard InChI is InChI=1S/C14H13N5/c1-10-9-11(15)7-8-13(10)14-16-17-18-19(14)12-5-3-2-4-6-12/h2-9H,15H2,1H3. The molecule has 3 rings (SSSR count). The number of benzene rings is 2. The van der Waals surface area contributed by atoms with Crippen LogP contribution in [0.25, 0.3) is 17.1 Å². The zero-order valence-electron chi connectivity index (χ0n) is 10.5. The normalized spacial score (nSPS) is 10.6. The summed E-state index contributed by atoms with van der Waals surface area (Å²) in [5.74, 6) is 0.712. The van der Waals surface area contributed by atoms with Crippen LogP contribution >= 0.6 is 0 Å². The zero-order chi connectivity index (χ0) is 13.2. The van der Waals surface area contributed by atoms with E-state index in [1.165, 1.54) is 0 Å². The third-order valence-electron chi connectivity index (χ3n) is 2.96. The Morgan fingerprint density at radius 2 is 1.84 bits per heavy atom. The van der Waals surface area contributed by atoms with Gasteiger partial charge in [0.15, 0.2) is 5.82 Å². The molecule has 94 valence electrons. The fraction of sp³-hybridized carbons (Fsp3) is 0.0714. The molecule has 0 aliphatic carbocycles. The summed E-state index contributed by atoms with van der Waals surface area (Å²) in [5.41, 5.74) is 9.46. The molecule has 5 heteroatoms. The van der Waals surface area contributed by atoms with E-state index in [1.807, 2.05) is 55.5 Å². The third kappa shape index (κ3) is 2.06. The largest absolute Gasteiger partial charge is 0.399 e. The lowest BCUT2D eigenvalue weighted by Crippen LogP contribution is -2.00. The van der Waals surface area contributed by atoms with Crippen LogP contribution < -0.4 is 5.73 Å². The Hall–Kier alpha value is -2.69. The average Bonchev–Trinajstić information content (AvgIpc) is 2.89. The molecule has 2 aromatic carbocycles. The Balaban J connectivity index is 2.15. The van der Waals surface area contributed by atoms with Gasteiger partial charge < -0.3 is 5.73 Å². The van der Waals surface area contributed by atoms with E-state index in [2.05, 4.69) is 15.5 Å². The van der Waals surface area contributed by atoms with Crippen LogP contribution in [-0.2, 0) is 0 Å². The molecule has 2 N–H and O–H groups in total. The molecular formula is C14H13N5. The number of para-hydroxylation sites is 1. The maximum absolute atomic E-state index is 5.77. The van der Waals surface area contributed by atoms with Gasteiger partial charge in [0.05, 0.1) is 5.69 Å². The zero-order valence-corrected chi connectivity index (χ0v) is 10.5. The van der Waals surface area contributed by atoms with Gasteiger partial charge in [-0.05, 0) is 53.2 Å². The highest BCUT2D eigenvalue weighted by Crippen LogP contribution is 2.24. The summed E-state index contributed by atoms with van der Waals surface area (Å²) < 4.78 is 1.72. The Morgan fingerprint density at radius 1 is 1.05 bits per heavy atom. The molecule has 3 aromatic rings. The first-order chi connectivity index (χ1) is 9.25.